The Balaban J connectivity index is 2.39. The number of hydrogen-bond acceptors (Lipinski definition) is 3. The average molecular weight is 144 g/mol. The predicted molar refractivity (Wildman–Crippen MR) is 36.5 cm³/mol. The van der Waals surface area contributed by atoms with Crippen LogP contribution in [-0.2, 0) is 9.47 Å². The van der Waals surface area contributed by atoms with E-state index < -0.39 is 5.79 Å². The van der Waals surface area contributed by atoms with Crippen molar-refractivity contribution in [3.05, 3.63) is 12.7 Å². The molecule has 1 N–H and O–H groups in total. The first-order chi connectivity index (χ1) is 4.77. The Morgan fingerprint density at radius 3 is 2.90 bits per heavy atom. The van der Waals surface area contributed by atoms with Crippen LogP contribution in [0.15, 0.2) is 12.7 Å². The van der Waals surface area contributed by atoms with Gasteiger partial charge in [-0.1, -0.05) is 6.08 Å². The molecule has 0 radical (unpaired) electrons. The van der Waals surface area contributed by atoms with E-state index in [1.54, 1.807) is 6.08 Å². The molecule has 0 bridgehead atoms. The van der Waals surface area contributed by atoms with Gasteiger partial charge in [0, 0.05) is 6.42 Å². The maximum atomic E-state index is 9.45. The van der Waals surface area contributed by atoms with Crippen molar-refractivity contribution in [2.24, 2.45) is 0 Å². The zero-order valence-corrected chi connectivity index (χ0v) is 5.88. The van der Waals surface area contributed by atoms with Gasteiger partial charge < -0.3 is 14.6 Å². The number of rotatable bonds is 2. The lowest BCUT2D eigenvalue weighted by molar-refractivity contribution is -0.266. The van der Waals surface area contributed by atoms with Gasteiger partial charge in [0.1, 0.15) is 6.61 Å². The second-order valence-corrected chi connectivity index (χ2v) is 2.34. The summed E-state index contributed by atoms with van der Waals surface area (Å²) in [6.45, 7) is 4.78. The van der Waals surface area contributed by atoms with Gasteiger partial charge in [-0.15, -0.1) is 6.58 Å². The highest BCUT2D eigenvalue weighted by molar-refractivity contribution is 4.80. The Labute approximate surface area is 60.3 Å². The lowest BCUT2D eigenvalue weighted by Gasteiger charge is -2.30. The van der Waals surface area contributed by atoms with Crippen LogP contribution in [0.1, 0.15) is 6.42 Å². The highest BCUT2D eigenvalue weighted by Gasteiger charge is 2.29. The van der Waals surface area contributed by atoms with Crippen molar-refractivity contribution in [2.75, 3.05) is 19.8 Å². The van der Waals surface area contributed by atoms with Gasteiger partial charge in [0.15, 0.2) is 5.79 Å². The topological polar surface area (TPSA) is 38.7 Å². The maximum absolute atomic E-state index is 9.45. The van der Waals surface area contributed by atoms with Crippen molar-refractivity contribution >= 4 is 0 Å². The quantitative estimate of drug-likeness (QED) is 0.566. The number of aliphatic hydroxyl groups is 1. The fourth-order valence-electron chi connectivity index (χ4n) is 0.907. The van der Waals surface area contributed by atoms with Crippen LogP contribution in [0, 0.1) is 0 Å². The van der Waals surface area contributed by atoms with Crippen molar-refractivity contribution in [2.45, 2.75) is 12.2 Å². The van der Waals surface area contributed by atoms with E-state index in [4.69, 9.17) is 9.47 Å². The molecule has 1 heterocycles. The van der Waals surface area contributed by atoms with Gasteiger partial charge in [0.05, 0.1) is 13.2 Å². The van der Waals surface area contributed by atoms with E-state index in [1.165, 1.54) is 0 Å². The minimum atomic E-state index is -1.11. The van der Waals surface area contributed by atoms with Crippen molar-refractivity contribution in [1.82, 2.24) is 0 Å². The SMILES string of the molecule is C=CCC1(O)COCCO1. The van der Waals surface area contributed by atoms with E-state index in [1.807, 2.05) is 0 Å². The molecule has 1 aliphatic rings. The zero-order chi connectivity index (χ0) is 7.45. The minimum absolute atomic E-state index is 0.249. The molecule has 3 heteroatoms. The van der Waals surface area contributed by atoms with Crippen molar-refractivity contribution in [1.29, 1.82) is 0 Å². The molecule has 1 rings (SSSR count). The summed E-state index contributed by atoms with van der Waals surface area (Å²) in [5, 5.41) is 9.45. The molecule has 1 atom stereocenters. The van der Waals surface area contributed by atoms with Crippen LogP contribution in [-0.4, -0.2) is 30.7 Å². The van der Waals surface area contributed by atoms with E-state index >= 15 is 0 Å². The molecule has 0 aromatic carbocycles. The Kier molecular flexibility index (Phi) is 2.43. The molecule has 1 fully saturated rings. The Hall–Kier alpha value is -0.380. The van der Waals surface area contributed by atoms with Crippen molar-refractivity contribution < 1.29 is 14.6 Å². The molecular weight excluding hydrogens is 132 g/mol. The van der Waals surface area contributed by atoms with Crippen LogP contribution >= 0.6 is 0 Å². The standard InChI is InChI=1S/C7H12O3/c1-2-3-7(8)6-9-4-5-10-7/h2,8H,1,3-6H2. The molecule has 0 amide bonds. The normalized spacial score (nSPS) is 33.7. The molecule has 0 aromatic rings. The van der Waals surface area contributed by atoms with E-state index in [-0.39, 0.29) is 6.61 Å². The zero-order valence-electron chi connectivity index (χ0n) is 5.88. The Morgan fingerprint density at radius 1 is 1.60 bits per heavy atom. The first-order valence-corrected chi connectivity index (χ1v) is 3.32. The summed E-state index contributed by atoms with van der Waals surface area (Å²) in [6.07, 6.45) is 2.04. The van der Waals surface area contributed by atoms with Crippen LogP contribution < -0.4 is 0 Å². The molecule has 0 saturated carbocycles. The third-order valence-electron chi connectivity index (χ3n) is 1.39. The molecule has 10 heavy (non-hydrogen) atoms. The third-order valence-corrected chi connectivity index (χ3v) is 1.39. The average Bonchev–Trinajstić information content (AvgIpc) is 1.89. The molecule has 1 aliphatic heterocycles. The van der Waals surface area contributed by atoms with Gasteiger partial charge in [-0.05, 0) is 0 Å². The van der Waals surface area contributed by atoms with Gasteiger partial charge in [-0.3, -0.25) is 0 Å². The minimum Gasteiger partial charge on any atom is -0.373 e. The van der Waals surface area contributed by atoms with Gasteiger partial charge >= 0.3 is 0 Å². The smallest absolute Gasteiger partial charge is 0.192 e. The summed E-state index contributed by atoms with van der Waals surface area (Å²) < 4.78 is 10.1. The van der Waals surface area contributed by atoms with E-state index in [0.29, 0.717) is 19.6 Å². The third kappa shape index (κ3) is 1.80. The molecule has 0 spiro atoms. The molecule has 0 aliphatic carbocycles. The fourth-order valence-corrected chi connectivity index (χ4v) is 0.907. The van der Waals surface area contributed by atoms with Crippen molar-refractivity contribution in [3.63, 3.8) is 0 Å². The lowest BCUT2D eigenvalue weighted by Crippen LogP contribution is -2.42. The summed E-state index contributed by atoms with van der Waals surface area (Å²) in [4.78, 5) is 0. The predicted octanol–water partition coefficient (Wildman–Crippen LogP) is 0.298. The first kappa shape index (κ1) is 7.72. The summed E-state index contributed by atoms with van der Waals surface area (Å²) in [5.74, 6) is -1.11. The van der Waals surface area contributed by atoms with E-state index in [0.717, 1.165) is 0 Å². The maximum Gasteiger partial charge on any atom is 0.192 e. The second-order valence-electron chi connectivity index (χ2n) is 2.34. The second kappa shape index (κ2) is 3.14. The molecule has 58 valence electrons. The van der Waals surface area contributed by atoms with Gasteiger partial charge in [-0.2, -0.15) is 0 Å². The summed E-state index contributed by atoms with van der Waals surface area (Å²) in [6, 6.07) is 0. The molecule has 1 saturated heterocycles. The summed E-state index contributed by atoms with van der Waals surface area (Å²) in [5.41, 5.74) is 0. The largest absolute Gasteiger partial charge is 0.373 e. The first-order valence-electron chi connectivity index (χ1n) is 3.32. The van der Waals surface area contributed by atoms with Gasteiger partial charge in [0.2, 0.25) is 0 Å². The van der Waals surface area contributed by atoms with Crippen LogP contribution in [0.5, 0.6) is 0 Å². The van der Waals surface area contributed by atoms with Crippen LogP contribution in [0.3, 0.4) is 0 Å². The van der Waals surface area contributed by atoms with Crippen molar-refractivity contribution in [3.8, 4) is 0 Å². The molecule has 3 nitrogen and oxygen atoms in total. The number of hydrogen-bond donors (Lipinski definition) is 1. The summed E-state index contributed by atoms with van der Waals surface area (Å²) in [7, 11) is 0. The van der Waals surface area contributed by atoms with Crippen LogP contribution in [0.4, 0.5) is 0 Å². The van der Waals surface area contributed by atoms with Gasteiger partial charge in [-0.25, -0.2) is 0 Å². The Morgan fingerprint density at radius 2 is 2.40 bits per heavy atom. The molecule has 1 unspecified atom stereocenters. The molecule has 0 aromatic heterocycles. The lowest BCUT2D eigenvalue weighted by atomic mass is 10.2. The highest BCUT2D eigenvalue weighted by atomic mass is 16.7. The van der Waals surface area contributed by atoms with Crippen LogP contribution in [0.25, 0.3) is 0 Å². The molecular formula is C7H12O3. The van der Waals surface area contributed by atoms with Crippen LogP contribution in [0.2, 0.25) is 0 Å². The summed E-state index contributed by atoms with van der Waals surface area (Å²) >= 11 is 0. The van der Waals surface area contributed by atoms with E-state index in [9.17, 15) is 5.11 Å². The number of ether oxygens (including phenoxy) is 2. The van der Waals surface area contributed by atoms with Gasteiger partial charge in [0.25, 0.3) is 0 Å². The van der Waals surface area contributed by atoms with E-state index in [2.05, 4.69) is 6.58 Å². The fraction of sp³-hybridized carbons (Fsp3) is 0.714. The Bertz CT molecular complexity index is 116. The highest BCUT2D eigenvalue weighted by Crippen LogP contribution is 2.16. The monoisotopic (exact) mass is 144 g/mol.